The van der Waals surface area contributed by atoms with Crippen LogP contribution in [0.5, 0.6) is 0 Å². The van der Waals surface area contributed by atoms with Crippen molar-refractivity contribution in [1.82, 2.24) is 19.2 Å². The SMILES string of the molecule is Cc1ccc(C)c(-n2c(=O)c3ccccc3n3c(SCCC(C)(C)C#N)nnc23)c1. The van der Waals surface area contributed by atoms with Gasteiger partial charge >= 0.3 is 0 Å². The molecule has 30 heavy (non-hydrogen) atoms. The Morgan fingerprint density at radius 1 is 1.13 bits per heavy atom. The van der Waals surface area contributed by atoms with E-state index in [2.05, 4.69) is 16.3 Å². The second-order valence-corrected chi connectivity index (χ2v) is 9.22. The van der Waals surface area contributed by atoms with Crippen molar-refractivity contribution in [1.29, 1.82) is 5.26 Å². The van der Waals surface area contributed by atoms with Gasteiger partial charge in [0.05, 0.1) is 28.1 Å². The fourth-order valence-electron chi connectivity index (χ4n) is 3.40. The molecule has 0 saturated carbocycles. The molecule has 0 aliphatic carbocycles. The number of thioether (sulfide) groups is 1. The van der Waals surface area contributed by atoms with Gasteiger partial charge in [-0.2, -0.15) is 5.26 Å². The fourth-order valence-corrected chi connectivity index (χ4v) is 4.61. The summed E-state index contributed by atoms with van der Waals surface area (Å²) in [6.07, 6.45) is 0.734. The van der Waals surface area contributed by atoms with Crippen LogP contribution in [0.3, 0.4) is 0 Å². The maximum Gasteiger partial charge on any atom is 0.267 e. The molecular weight excluding hydrogens is 394 g/mol. The Balaban J connectivity index is 1.95. The third kappa shape index (κ3) is 3.48. The van der Waals surface area contributed by atoms with Gasteiger partial charge in [-0.15, -0.1) is 10.2 Å². The highest BCUT2D eigenvalue weighted by Gasteiger charge is 2.20. The number of rotatable bonds is 5. The van der Waals surface area contributed by atoms with E-state index in [4.69, 9.17) is 0 Å². The summed E-state index contributed by atoms with van der Waals surface area (Å²) >= 11 is 1.55. The summed E-state index contributed by atoms with van der Waals surface area (Å²) in [7, 11) is 0. The molecule has 0 aliphatic rings. The molecule has 0 spiro atoms. The van der Waals surface area contributed by atoms with E-state index in [0.29, 0.717) is 16.3 Å². The van der Waals surface area contributed by atoms with Crippen molar-refractivity contribution in [2.45, 2.75) is 39.3 Å². The molecular formula is C23H23N5OS. The van der Waals surface area contributed by atoms with Crippen LogP contribution in [0.1, 0.15) is 31.4 Å². The van der Waals surface area contributed by atoms with Gasteiger partial charge in [0.25, 0.3) is 5.56 Å². The van der Waals surface area contributed by atoms with Gasteiger partial charge in [-0.3, -0.25) is 9.20 Å². The van der Waals surface area contributed by atoms with Gasteiger partial charge < -0.3 is 0 Å². The number of aromatic nitrogens is 4. The van der Waals surface area contributed by atoms with E-state index < -0.39 is 5.41 Å². The van der Waals surface area contributed by atoms with Crippen molar-refractivity contribution >= 4 is 28.4 Å². The summed E-state index contributed by atoms with van der Waals surface area (Å²) in [5.41, 5.74) is 3.16. The first kappa shape index (κ1) is 20.2. The van der Waals surface area contributed by atoms with E-state index in [-0.39, 0.29) is 5.56 Å². The highest BCUT2D eigenvalue weighted by atomic mass is 32.2. The number of hydrogen-bond acceptors (Lipinski definition) is 5. The zero-order valence-electron chi connectivity index (χ0n) is 17.5. The van der Waals surface area contributed by atoms with Crippen molar-refractivity contribution in [3.63, 3.8) is 0 Å². The Bertz CT molecular complexity index is 1360. The molecule has 6 nitrogen and oxygen atoms in total. The van der Waals surface area contributed by atoms with Crippen LogP contribution in [0.15, 0.2) is 52.4 Å². The van der Waals surface area contributed by atoms with E-state index in [1.165, 1.54) is 0 Å². The molecule has 2 aromatic heterocycles. The molecule has 0 saturated heterocycles. The standard InChI is InChI=1S/C23H23N5OS/c1-15-9-10-16(2)19(13-15)27-20(29)17-7-5-6-8-18(17)28-21(27)25-26-22(28)30-12-11-23(3,4)14-24/h5-10,13H,11-12H2,1-4H3. The minimum absolute atomic E-state index is 0.110. The van der Waals surface area contributed by atoms with Gasteiger partial charge in [0, 0.05) is 5.75 Å². The summed E-state index contributed by atoms with van der Waals surface area (Å²) in [5.74, 6) is 1.23. The molecule has 0 bridgehead atoms. The Morgan fingerprint density at radius 3 is 2.67 bits per heavy atom. The maximum atomic E-state index is 13.4. The number of para-hydroxylation sites is 1. The van der Waals surface area contributed by atoms with E-state index >= 15 is 0 Å². The zero-order chi connectivity index (χ0) is 21.5. The van der Waals surface area contributed by atoms with Gasteiger partial charge in [-0.05, 0) is 63.4 Å². The molecule has 0 atom stereocenters. The smallest absolute Gasteiger partial charge is 0.267 e. The number of hydrogen-bond donors (Lipinski definition) is 0. The highest BCUT2D eigenvalue weighted by Crippen LogP contribution is 2.28. The normalized spacial score (nSPS) is 11.8. The molecule has 0 fully saturated rings. The summed E-state index contributed by atoms with van der Waals surface area (Å²) in [4.78, 5) is 13.4. The van der Waals surface area contributed by atoms with Crippen molar-refractivity contribution in [3.05, 3.63) is 63.9 Å². The van der Waals surface area contributed by atoms with Crippen LogP contribution in [0, 0.1) is 30.6 Å². The Morgan fingerprint density at radius 2 is 1.90 bits per heavy atom. The third-order valence-corrected chi connectivity index (χ3v) is 6.19. The number of fused-ring (bicyclic) bond motifs is 3. The van der Waals surface area contributed by atoms with Crippen LogP contribution in [-0.4, -0.2) is 24.9 Å². The molecule has 4 aromatic rings. The lowest BCUT2D eigenvalue weighted by molar-refractivity contribution is 0.482. The topological polar surface area (TPSA) is 76.0 Å². The minimum Gasteiger partial charge on any atom is -0.268 e. The summed E-state index contributed by atoms with van der Waals surface area (Å²) in [6, 6.07) is 15.9. The third-order valence-electron chi connectivity index (χ3n) is 5.26. The largest absolute Gasteiger partial charge is 0.268 e. The lowest BCUT2D eigenvalue weighted by Gasteiger charge is -2.15. The second-order valence-electron chi connectivity index (χ2n) is 8.16. The first-order valence-electron chi connectivity index (χ1n) is 9.83. The minimum atomic E-state index is -0.393. The van der Waals surface area contributed by atoms with E-state index in [0.717, 1.165) is 34.5 Å². The van der Waals surface area contributed by atoms with E-state index in [1.807, 2.05) is 74.6 Å². The van der Waals surface area contributed by atoms with E-state index in [1.54, 1.807) is 16.3 Å². The number of aryl methyl sites for hydroxylation is 2. The average Bonchev–Trinajstić information content (AvgIpc) is 3.14. The van der Waals surface area contributed by atoms with Crippen molar-refractivity contribution in [2.75, 3.05) is 5.75 Å². The molecule has 152 valence electrons. The van der Waals surface area contributed by atoms with Crippen LogP contribution in [0.2, 0.25) is 0 Å². The second kappa shape index (κ2) is 7.62. The van der Waals surface area contributed by atoms with Crippen molar-refractivity contribution in [3.8, 4) is 11.8 Å². The molecule has 4 rings (SSSR count). The van der Waals surface area contributed by atoms with Crippen LogP contribution < -0.4 is 5.56 Å². The van der Waals surface area contributed by atoms with E-state index in [9.17, 15) is 10.1 Å². The summed E-state index contributed by atoms with van der Waals surface area (Å²) in [5, 5.41) is 19.4. The van der Waals surface area contributed by atoms with Crippen LogP contribution in [0.4, 0.5) is 0 Å². The fraction of sp³-hybridized carbons (Fsp3) is 0.304. The Kier molecular flexibility index (Phi) is 5.12. The molecule has 7 heteroatoms. The van der Waals surface area contributed by atoms with Crippen molar-refractivity contribution in [2.24, 2.45) is 5.41 Å². The molecule has 2 aromatic carbocycles. The lowest BCUT2D eigenvalue weighted by atomic mass is 9.93. The molecule has 0 amide bonds. The molecule has 0 unspecified atom stereocenters. The monoisotopic (exact) mass is 417 g/mol. The van der Waals surface area contributed by atoms with Gasteiger partial charge in [-0.1, -0.05) is 36.0 Å². The van der Waals surface area contributed by atoms with Crippen LogP contribution >= 0.6 is 11.8 Å². The molecule has 0 N–H and O–H groups in total. The summed E-state index contributed by atoms with van der Waals surface area (Å²) < 4.78 is 3.60. The van der Waals surface area contributed by atoms with Gasteiger partial charge in [0.2, 0.25) is 5.78 Å². The maximum absolute atomic E-state index is 13.4. The van der Waals surface area contributed by atoms with Gasteiger partial charge in [-0.25, -0.2) is 4.57 Å². The quantitative estimate of drug-likeness (QED) is 0.441. The average molecular weight is 418 g/mol. The highest BCUT2D eigenvalue weighted by molar-refractivity contribution is 7.99. The first-order valence-corrected chi connectivity index (χ1v) is 10.8. The predicted octanol–water partition coefficient (Wildman–Crippen LogP) is 4.68. The lowest BCUT2D eigenvalue weighted by Crippen LogP contribution is -2.22. The molecule has 2 heterocycles. The number of nitrogens with zero attached hydrogens (tertiary/aromatic N) is 5. The first-order chi connectivity index (χ1) is 14.3. The van der Waals surface area contributed by atoms with Gasteiger partial charge in [0.15, 0.2) is 5.16 Å². The summed E-state index contributed by atoms with van der Waals surface area (Å²) in [6.45, 7) is 7.86. The van der Waals surface area contributed by atoms with Crippen LogP contribution in [-0.2, 0) is 0 Å². The van der Waals surface area contributed by atoms with Crippen LogP contribution in [0.25, 0.3) is 22.4 Å². The Hall–Kier alpha value is -3.11. The van der Waals surface area contributed by atoms with Gasteiger partial charge in [0.1, 0.15) is 0 Å². The van der Waals surface area contributed by atoms with Crippen molar-refractivity contribution < 1.29 is 0 Å². The predicted molar refractivity (Wildman–Crippen MR) is 120 cm³/mol. The number of nitriles is 1. The molecule has 0 aliphatic heterocycles. The molecule has 0 radical (unpaired) electrons. The zero-order valence-corrected chi connectivity index (χ0v) is 18.3. The Labute approximate surface area is 179 Å². The number of benzene rings is 2.